The standard InChI is InChI=1S/C15H11Br2IN2O2/c1-22-14-10(5-11(16)7-13(14)17)8-19-20-15(21)9-3-2-4-12(18)6-9/h2-8H,1H3,(H,20,21)/b19-8+. The highest BCUT2D eigenvalue weighted by molar-refractivity contribution is 14.1. The predicted octanol–water partition coefficient (Wildman–Crippen LogP) is 4.59. The van der Waals surface area contributed by atoms with E-state index in [1.54, 1.807) is 25.5 Å². The van der Waals surface area contributed by atoms with Gasteiger partial charge < -0.3 is 4.74 Å². The molecule has 0 spiro atoms. The topological polar surface area (TPSA) is 50.7 Å². The number of hydrazone groups is 1. The van der Waals surface area contributed by atoms with Crippen molar-refractivity contribution in [2.24, 2.45) is 5.10 Å². The Kier molecular flexibility index (Phi) is 6.39. The van der Waals surface area contributed by atoms with Crippen LogP contribution in [0.3, 0.4) is 0 Å². The first-order valence-electron chi connectivity index (χ1n) is 6.13. The van der Waals surface area contributed by atoms with Gasteiger partial charge in [0.15, 0.2) is 0 Å². The van der Waals surface area contributed by atoms with E-state index in [-0.39, 0.29) is 5.91 Å². The summed E-state index contributed by atoms with van der Waals surface area (Å²) in [5.41, 5.74) is 3.81. The molecule has 2 rings (SSSR count). The van der Waals surface area contributed by atoms with Crippen molar-refractivity contribution in [1.82, 2.24) is 5.43 Å². The number of hydrogen-bond donors (Lipinski definition) is 1. The molecule has 4 nitrogen and oxygen atoms in total. The summed E-state index contributed by atoms with van der Waals surface area (Å²) in [6, 6.07) is 11.0. The highest BCUT2D eigenvalue weighted by atomic mass is 127. The maximum Gasteiger partial charge on any atom is 0.271 e. The lowest BCUT2D eigenvalue weighted by atomic mass is 10.2. The van der Waals surface area contributed by atoms with Gasteiger partial charge in [-0.05, 0) is 68.9 Å². The van der Waals surface area contributed by atoms with Gasteiger partial charge >= 0.3 is 0 Å². The molecule has 2 aromatic carbocycles. The van der Waals surface area contributed by atoms with Gasteiger partial charge in [-0.3, -0.25) is 4.79 Å². The minimum Gasteiger partial charge on any atom is -0.495 e. The number of ether oxygens (including phenoxy) is 1. The molecule has 0 aromatic heterocycles. The average Bonchev–Trinajstić information content (AvgIpc) is 2.46. The highest BCUT2D eigenvalue weighted by Gasteiger charge is 2.08. The number of methoxy groups -OCH3 is 1. The zero-order chi connectivity index (χ0) is 16.1. The Morgan fingerprint density at radius 2 is 2.09 bits per heavy atom. The van der Waals surface area contributed by atoms with Crippen LogP contribution in [-0.2, 0) is 0 Å². The largest absolute Gasteiger partial charge is 0.495 e. The number of amides is 1. The van der Waals surface area contributed by atoms with Gasteiger partial charge in [0.05, 0.1) is 17.8 Å². The normalized spacial score (nSPS) is 10.7. The summed E-state index contributed by atoms with van der Waals surface area (Å²) in [5, 5.41) is 3.99. The van der Waals surface area contributed by atoms with Crippen molar-refractivity contribution in [2.75, 3.05) is 7.11 Å². The van der Waals surface area contributed by atoms with E-state index in [1.807, 2.05) is 24.3 Å². The molecule has 0 aliphatic rings. The zero-order valence-corrected chi connectivity index (χ0v) is 16.8. The van der Waals surface area contributed by atoms with Crippen molar-refractivity contribution in [3.05, 3.63) is 60.0 Å². The van der Waals surface area contributed by atoms with Gasteiger partial charge in [0.25, 0.3) is 5.91 Å². The van der Waals surface area contributed by atoms with E-state index in [2.05, 4.69) is 65.0 Å². The highest BCUT2D eigenvalue weighted by Crippen LogP contribution is 2.31. The van der Waals surface area contributed by atoms with Crippen LogP contribution in [0, 0.1) is 3.57 Å². The van der Waals surface area contributed by atoms with Crippen LogP contribution < -0.4 is 10.2 Å². The van der Waals surface area contributed by atoms with Gasteiger partial charge in [0, 0.05) is 19.2 Å². The Morgan fingerprint density at radius 1 is 1.32 bits per heavy atom. The molecule has 1 amide bonds. The van der Waals surface area contributed by atoms with Crippen molar-refractivity contribution in [2.45, 2.75) is 0 Å². The van der Waals surface area contributed by atoms with E-state index in [4.69, 9.17) is 4.74 Å². The third-order valence-electron chi connectivity index (χ3n) is 2.70. The molecular formula is C15H11Br2IN2O2. The minimum atomic E-state index is -0.261. The molecule has 0 bridgehead atoms. The Bertz CT molecular complexity index is 735. The van der Waals surface area contributed by atoms with Crippen molar-refractivity contribution >= 4 is 66.6 Å². The number of hydrogen-bond acceptors (Lipinski definition) is 3. The molecular weight excluding hydrogens is 527 g/mol. The second-order valence-electron chi connectivity index (χ2n) is 4.22. The molecule has 2 aromatic rings. The lowest BCUT2D eigenvalue weighted by Gasteiger charge is -2.07. The van der Waals surface area contributed by atoms with Crippen LogP contribution in [0.5, 0.6) is 5.75 Å². The summed E-state index contributed by atoms with van der Waals surface area (Å²) in [6.45, 7) is 0. The van der Waals surface area contributed by atoms with E-state index < -0.39 is 0 Å². The molecule has 0 aliphatic heterocycles. The van der Waals surface area contributed by atoms with E-state index in [9.17, 15) is 4.79 Å². The van der Waals surface area contributed by atoms with E-state index in [0.717, 1.165) is 18.1 Å². The molecule has 22 heavy (non-hydrogen) atoms. The van der Waals surface area contributed by atoms with Gasteiger partial charge in [0.1, 0.15) is 5.75 Å². The molecule has 114 valence electrons. The second kappa shape index (κ2) is 8.07. The third-order valence-corrected chi connectivity index (χ3v) is 4.42. The Hall–Kier alpha value is -0.930. The van der Waals surface area contributed by atoms with Crippen molar-refractivity contribution < 1.29 is 9.53 Å². The maximum absolute atomic E-state index is 12.0. The monoisotopic (exact) mass is 536 g/mol. The number of rotatable bonds is 4. The SMILES string of the molecule is COc1c(Br)cc(Br)cc1/C=N/NC(=O)c1cccc(I)c1. The van der Waals surface area contributed by atoms with Crippen LogP contribution in [0.15, 0.2) is 50.4 Å². The number of benzene rings is 2. The smallest absolute Gasteiger partial charge is 0.271 e. The summed E-state index contributed by atoms with van der Waals surface area (Å²) < 4.78 is 7.99. The first-order chi connectivity index (χ1) is 10.5. The molecule has 0 saturated carbocycles. The number of carbonyl (C=O) groups excluding carboxylic acids is 1. The van der Waals surface area contributed by atoms with Crippen LogP contribution in [0.2, 0.25) is 0 Å². The molecule has 0 fully saturated rings. The average molecular weight is 538 g/mol. The first-order valence-corrected chi connectivity index (χ1v) is 8.79. The lowest BCUT2D eigenvalue weighted by molar-refractivity contribution is 0.0955. The fraction of sp³-hybridized carbons (Fsp3) is 0.0667. The summed E-state index contributed by atoms with van der Waals surface area (Å²) in [6.07, 6.45) is 1.54. The zero-order valence-electron chi connectivity index (χ0n) is 11.4. The van der Waals surface area contributed by atoms with Crippen LogP contribution in [0.1, 0.15) is 15.9 Å². The quantitative estimate of drug-likeness (QED) is 0.352. The Labute approximate surface area is 158 Å². The second-order valence-corrected chi connectivity index (χ2v) is 7.24. The van der Waals surface area contributed by atoms with Crippen LogP contribution >= 0.6 is 54.5 Å². The molecule has 0 saturated heterocycles. The fourth-order valence-corrected chi connectivity index (χ4v) is 3.71. The molecule has 0 atom stereocenters. The number of halogens is 3. The van der Waals surface area contributed by atoms with Crippen molar-refractivity contribution in [1.29, 1.82) is 0 Å². The van der Waals surface area contributed by atoms with Gasteiger partial charge in [-0.15, -0.1) is 0 Å². The van der Waals surface area contributed by atoms with Gasteiger partial charge in [-0.2, -0.15) is 5.10 Å². The van der Waals surface area contributed by atoms with Crippen LogP contribution in [-0.4, -0.2) is 19.2 Å². The Morgan fingerprint density at radius 3 is 2.77 bits per heavy atom. The number of nitrogens with zero attached hydrogens (tertiary/aromatic N) is 1. The van der Waals surface area contributed by atoms with Crippen LogP contribution in [0.4, 0.5) is 0 Å². The molecule has 1 N–H and O–H groups in total. The summed E-state index contributed by atoms with van der Waals surface area (Å²) in [5.74, 6) is 0.387. The summed E-state index contributed by atoms with van der Waals surface area (Å²) in [7, 11) is 1.58. The van der Waals surface area contributed by atoms with Crippen molar-refractivity contribution in [3.63, 3.8) is 0 Å². The maximum atomic E-state index is 12.0. The predicted molar refractivity (Wildman–Crippen MR) is 103 cm³/mol. The van der Waals surface area contributed by atoms with E-state index in [0.29, 0.717) is 11.3 Å². The summed E-state index contributed by atoms with van der Waals surface area (Å²) >= 11 is 8.98. The summed E-state index contributed by atoms with van der Waals surface area (Å²) in [4.78, 5) is 12.0. The van der Waals surface area contributed by atoms with E-state index >= 15 is 0 Å². The number of nitrogens with one attached hydrogen (secondary N) is 1. The van der Waals surface area contributed by atoms with Crippen LogP contribution in [0.25, 0.3) is 0 Å². The fourth-order valence-electron chi connectivity index (χ4n) is 1.75. The van der Waals surface area contributed by atoms with E-state index in [1.165, 1.54) is 0 Å². The first kappa shape index (κ1) is 17.4. The minimum absolute atomic E-state index is 0.261. The molecule has 7 heteroatoms. The molecule has 0 unspecified atom stereocenters. The number of carbonyl (C=O) groups is 1. The van der Waals surface area contributed by atoms with Gasteiger partial charge in [-0.25, -0.2) is 5.43 Å². The lowest BCUT2D eigenvalue weighted by Crippen LogP contribution is -2.17. The molecule has 0 heterocycles. The van der Waals surface area contributed by atoms with Gasteiger partial charge in [0.2, 0.25) is 0 Å². The third kappa shape index (κ3) is 4.53. The molecule has 0 aliphatic carbocycles. The molecule has 0 radical (unpaired) electrons. The Balaban J connectivity index is 2.14. The van der Waals surface area contributed by atoms with Gasteiger partial charge in [-0.1, -0.05) is 22.0 Å². The van der Waals surface area contributed by atoms with Crippen molar-refractivity contribution in [3.8, 4) is 5.75 Å².